The van der Waals surface area contributed by atoms with Crippen LogP contribution in [-0.4, -0.2) is 19.7 Å². The van der Waals surface area contributed by atoms with E-state index in [4.69, 9.17) is 11.6 Å². The fourth-order valence-corrected chi connectivity index (χ4v) is 1.91. The molecule has 2 heterocycles. The molecule has 1 aromatic carbocycles. The van der Waals surface area contributed by atoms with E-state index >= 15 is 0 Å². The Morgan fingerprint density at radius 1 is 1.18 bits per heavy atom. The van der Waals surface area contributed by atoms with E-state index in [-0.39, 0.29) is 5.28 Å². The first-order valence-corrected chi connectivity index (χ1v) is 5.56. The summed E-state index contributed by atoms with van der Waals surface area (Å²) in [5, 5.41) is 5.40. The SMILES string of the molecule is Cc1cnn(-c2nc(Cl)nc3ccccc23)c1. The van der Waals surface area contributed by atoms with Gasteiger partial charge in [0.15, 0.2) is 5.82 Å². The Balaban J connectivity index is 2.35. The first-order valence-electron chi connectivity index (χ1n) is 5.18. The van der Waals surface area contributed by atoms with Gasteiger partial charge in [-0.15, -0.1) is 0 Å². The van der Waals surface area contributed by atoms with Crippen LogP contribution in [0.4, 0.5) is 0 Å². The number of hydrogen-bond acceptors (Lipinski definition) is 3. The molecule has 0 saturated carbocycles. The third kappa shape index (κ3) is 1.76. The van der Waals surface area contributed by atoms with E-state index in [0.717, 1.165) is 16.5 Å². The van der Waals surface area contributed by atoms with Crippen LogP contribution in [-0.2, 0) is 0 Å². The van der Waals surface area contributed by atoms with Gasteiger partial charge in [0.1, 0.15) is 0 Å². The van der Waals surface area contributed by atoms with Crippen molar-refractivity contribution in [2.45, 2.75) is 6.92 Å². The van der Waals surface area contributed by atoms with Crippen molar-refractivity contribution in [3.63, 3.8) is 0 Å². The topological polar surface area (TPSA) is 43.6 Å². The van der Waals surface area contributed by atoms with Gasteiger partial charge < -0.3 is 0 Å². The Morgan fingerprint density at radius 2 is 2.00 bits per heavy atom. The molecule has 0 aliphatic rings. The molecule has 0 N–H and O–H groups in total. The monoisotopic (exact) mass is 244 g/mol. The Kier molecular flexibility index (Phi) is 2.30. The molecule has 5 heteroatoms. The van der Waals surface area contributed by atoms with Crippen molar-refractivity contribution >= 4 is 22.5 Å². The van der Waals surface area contributed by atoms with Crippen LogP contribution in [0.1, 0.15) is 5.56 Å². The summed E-state index contributed by atoms with van der Waals surface area (Å²) in [7, 11) is 0. The van der Waals surface area contributed by atoms with Crippen LogP contribution >= 0.6 is 11.6 Å². The molecule has 0 saturated heterocycles. The zero-order chi connectivity index (χ0) is 11.8. The van der Waals surface area contributed by atoms with Gasteiger partial charge in [0, 0.05) is 11.6 Å². The van der Waals surface area contributed by atoms with Crippen LogP contribution in [0.25, 0.3) is 16.7 Å². The van der Waals surface area contributed by atoms with Crippen LogP contribution in [0.3, 0.4) is 0 Å². The Labute approximate surface area is 103 Å². The lowest BCUT2D eigenvalue weighted by Gasteiger charge is -2.05. The van der Waals surface area contributed by atoms with Gasteiger partial charge in [-0.05, 0) is 36.2 Å². The molecule has 0 amide bonds. The minimum atomic E-state index is 0.229. The van der Waals surface area contributed by atoms with Crippen molar-refractivity contribution in [1.29, 1.82) is 0 Å². The maximum atomic E-state index is 5.92. The number of benzene rings is 1. The number of halogens is 1. The smallest absolute Gasteiger partial charge is 0.222 e. The number of aryl methyl sites for hydroxylation is 1. The molecule has 0 radical (unpaired) electrons. The average molecular weight is 245 g/mol. The second kappa shape index (κ2) is 3.82. The van der Waals surface area contributed by atoms with E-state index in [0.29, 0.717) is 5.82 Å². The van der Waals surface area contributed by atoms with E-state index in [9.17, 15) is 0 Å². The maximum Gasteiger partial charge on any atom is 0.224 e. The molecule has 0 atom stereocenters. The first-order chi connectivity index (χ1) is 8.24. The largest absolute Gasteiger partial charge is 0.224 e. The molecular formula is C12H9ClN4. The maximum absolute atomic E-state index is 5.92. The Hall–Kier alpha value is -1.94. The molecule has 2 aromatic heterocycles. The lowest BCUT2D eigenvalue weighted by atomic mass is 10.2. The van der Waals surface area contributed by atoms with Crippen molar-refractivity contribution < 1.29 is 0 Å². The second-order valence-corrected chi connectivity index (χ2v) is 4.13. The number of fused-ring (bicyclic) bond motifs is 1. The molecule has 3 rings (SSSR count). The van der Waals surface area contributed by atoms with E-state index in [2.05, 4.69) is 15.1 Å². The lowest BCUT2D eigenvalue weighted by molar-refractivity contribution is 0.851. The summed E-state index contributed by atoms with van der Waals surface area (Å²) in [5.74, 6) is 0.703. The molecule has 0 bridgehead atoms. The highest BCUT2D eigenvalue weighted by molar-refractivity contribution is 6.28. The molecule has 0 aliphatic carbocycles. The van der Waals surface area contributed by atoms with Crippen LogP contribution < -0.4 is 0 Å². The lowest BCUT2D eigenvalue weighted by Crippen LogP contribution is -2.00. The summed E-state index contributed by atoms with van der Waals surface area (Å²) < 4.78 is 1.71. The summed E-state index contributed by atoms with van der Waals surface area (Å²) in [6, 6.07) is 7.73. The molecule has 0 aliphatic heterocycles. The van der Waals surface area contributed by atoms with Crippen LogP contribution in [0, 0.1) is 6.92 Å². The molecule has 17 heavy (non-hydrogen) atoms. The van der Waals surface area contributed by atoms with Crippen molar-refractivity contribution in [3.8, 4) is 5.82 Å². The number of para-hydroxylation sites is 1. The Bertz CT molecular complexity index is 690. The predicted octanol–water partition coefficient (Wildman–Crippen LogP) is 2.78. The van der Waals surface area contributed by atoms with Crippen LogP contribution in [0.5, 0.6) is 0 Å². The van der Waals surface area contributed by atoms with Gasteiger partial charge in [0.2, 0.25) is 5.28 Å². The minimum absolute atomic E-state index is 0.229. The molecule has 3 aromatic rings. The summed E-state index contributed by atoms with van der Waals surface area (Å²) in [6.45, 7) is 1.98. The standard InChI is InChI=1S/C12H9ClN4/c1-8-6-14-17(7-8)11-9-4-2-3-5-10(9)15-12(13)16-11/h2-7H,1H3. The van der Waals surface area contributed by atoms with E-state index in [1.54, 1.807) is 10.9 Å². The van der Waals surface area contributed by atoms with Crippen molar-refractivity contribution in [1.82, 2.24) is 19.7 Å². The van der Waals surface area contributed by atoms with E-state index < -0.39 is 0 Å². The second-order valence-electron chi connectivity index (χ2n) is 3.80. The van der Waals surface area contributed by atoms with Gasteiger partial charge in [0.05, 0.1) is 11.7 Å². The summed E-state index contributed by atoms with van der Waals surface area (Å²) in [5.41, 5.74) is 1.89. The quantitative estimate of drug-likeness (QED) is 0.618. The highest BCUT2D eigenvalue weighted by Crippen LogP contribution is 2.20. The number of rotatable bonds is 1. The van der Waals surface area contributed by atoms with Gasteiger partial charge in [0.25, 0.3) is 0 Å². The molecule has 4 nitrogen and oxygen atoms in total. The molecular weight excluding hydrogens is 236 g/mol. The normalized spacial score (nSPS) is 10.9. The summed E-state index contributed by atoms with van der Waals surface area (Å²) >= 11 is 5.92. The fraction of sp³-hybridized carbons (Fsp3) is 0.0833. The van der Waals surface area contributed by atoms with Crippen molar-refractivity contribution in [2.75, 3.05) is 0 Å². The first kappa shape index (κ1) is 10.2. The summed E-state index contributed by atoms with van der Waals surface area (Å²) in [4.78, 5) is 8.42. The van der Waals surface area contributed by atoms with Gasteiger partial charge >= 0.3 is 0 Å². The predicted molar refractivity (Wildman–Crippen MR) is 66.4 cm³/mol. The number of hydrogen-bond donors (Lipinski definition) is 0. The van der Waals surface area contributed by atoms with Gasteiger partial charge in [-0.2, -0.15) is 10.1 Å². The van der Waals surface area contributed by atoms with Gasteiger partial charge in [-0.25, -0.2) is 9.67 Å². The third-order valence-corrected chi connectivity index (χ3v) is 2.65. The highest BCUT2D eigenvalue weighted by Gasteiger charge is 2.08. The van der Waals surface area contributed by atoms with Gasteiger partial charge in [-0.3, -0.25) is 0 Å². The zero-order valence-corrected chi connectivity index (χ0v) is 9.89. The molecule has 0 fully saturated rings. The van der Waals surface area contributed by atoms with E-state index in [1.807, 2.05) is 37.4 Å². The minimum Gasteiger partial charge on any atom is -0.222 e. The number of nitrogens with zero attached hydrogens (tertiary/aromatic N) is 4. The number of aromatic nitrogens is 4. The van der Waals surface area contributed by atoms with Crippen molar-refractivity contribution in [3.05, 3.63) is 47.5 Å². The van der Waals surface area contributed by atoms with Crippen LogP contribution in [0.15, 0.2) is 36.7 Å². The average Bonchev–Trinajstić information content (AvgIpc) is 2.74. The highest BCUT2D eigenvalue weighted by atomic mass is 35.5. The van der Waals surface area contributed by atoms with Gasteiger partial charge in [-0.1, -0.05) is 12.1 Å². The molecule has 84 valence electrons. The zero-order valence-electron chi connectivity index (χ0n) is 9.13. The summed E-state index contributed by atoms with van der Waals surface area (Å²) in [6.07, 6.45) is 3.69. The van der Waals surface area contributed by atoms with Crippen LogP contribution in [0.2, 0.25) is 5.28 Å². The Morgan fingerprint density at radius 3 is 2.76 bits per heavy atom. The van der Waals surface area contributed by atoms with Crippen molar-refractivity contribution in [2.24, 2.45) is 0 Å². The third-order valence-electron chi connectivity index (χ3n) is 2.48. The molecule has 0 unspecified atom stereocenters. The van der Waals surface area contributed by atoms with E-state index in [1.165, 1.54) is 0 Å². The fourth-order valence-electron chi connectivity index (χ4n) is 1.74. The molecule has 0 spiro atoms.